The van der Waals surface area contributed by atoms with E-state index in [0.29, 0.717) is 6.42 Å². The topological polar surface area (TPSA) is 77.8 Å². The molecule has 0 bridgehead atoms. The minimum atomic E-state index is -1.20. The van der Waals surface area contributed by atoms with Gasteiger partial charge < -0.3 is 15.3 Å². The van der Waals surface area contributed by atoms with Crippen LogP contribution >= 0.6 is 0 Å². The Morgan fingerprint density at radius 1 is 0.783 bits per heavy atom. The van der Waals surface area contributed by atoms with Crippen molar-refractivity contribution in [3.8, 4) is 0 Å². The summed E-state index contributed by atoms with van der Waals surface area (Å²) in [7, 11) is 0. The van der Waals surface area contributed by atoms with Gasteiger partial charge >= 0.3 is 5.97 Å². The summed E-state index contributed by atoms with van der Waals surface area (Å²) in [5.41, 5.74) is -0.0847. The van der Waals surface area contributed by atoms with Crippen LogP contribution in [0.15, 0.2) is 0 Å². The number of aliphatic hydroxyl groups excluding tert-OH is 1. The molecule has 3 N–H and O–H groups in total. The minimum absolute atomic E-state index is 0.00386. The molecule has 0 aliphatic carbocycles. The van der Waals surface area contributed by atoms with Gasteiger partial charge in [0.1, 0.15) is 0 Å². The molecule has 0 aliphatic rings. The van der Waals surface area contributed by atoms with Crippen LogP contribution in [0.3, 0.4) is 0 Å². The van der Waals surface area contributed by atoms with E-state index < -0.39 is 12.3 Å². The first-order valence-electron chi connectivity index (χ1n) is 9.12. The Balaban J connectivity index is 3.52. The van der Waals surface area contributed by atoms with Gasteiger partial charge in [-0.05, 0) is 23.7 Å². The summed E-state index contributed by atoms with van der Waals surface area (Å²) in [6.45, 7) is 8.25. The summed E-state index contributed by atoms with van der Waals surface area (Å²) in [6, 6.07) is 0. The predicted molar refractivity (Wildman–Crippen MR) is 94.2 cm³/mol. The Hall–Kier alpha value is -0.610. The van der Waals surface area contributed by atoms with Gasteiger partial charge in [0, 0.05) is 6.42 Å². The van der Waals surface area contributed by atoms with Crippen LogP contribution in [0.25, 0.3) is 0 Å². The Kier molecular flexibility index (Phi) is 10.7. The zero-order valence-electron chi connectivity index (χ0n) is 15.6. The molecule has 0 aromatic heterocycles. The maximum absolute atomic E-state index is 10.8. The van der Waals surface area contributed by atoms with Gasteiger partial charge in [-0.25, -0.2) is 0 Å². The first kappa shape index (κ1) is 22.4. The molecule has 4 nitrogen and oxygen atoms in total. The highest BCUT2D eigenvalue weighted by Gasteiger charge is 2.21. The fourth-order valence-electron chi connectivity index (χ4n) is 3.19. The third kappa shape index (κ3) is 14.7. The molecule has 0 atom stereocenters. The zero-order valence-corrected chi connectivity index (χ0v) is 15.6. The molecule has 0 fully saturated rings. The zero-order chi connectivity index (χ0) is 17.9. The molecule has 138 valence electrons. The van der Waals surface area contributed by atoms with Gasteiger partial charge in [-0.15, -0.1) is 0 Å². The molecule has 0 heterocycles. The van der Waals surface area contributed by atoms with Gasteiger partial charge in [0.05, 0.1) is 6.42 Å². The molecule has 0 rings (SSSR count). The van der Waals surface area contributed by atoms with Gasteiger partial charge in [0.15, 0.2) is 6.29 Å². The molecular formula is C19H38O4. The normalized spacial score (nSPS) is 12.8. The largest absolute Gasteiger partial charge is 0.481 e. The molecule has 23 heavy (non-hydrogen) atoms. The second kappa shape index (κ2) is 11.0. The molecule has 0 saturated heterocycles. The van der Waals surface area contributed by atoms with E-state index in [0.717, 1.165) is 25.7 Å². The number of carbonyl (C=O) groups is 1. The van der Waals surface area contributed by atoms with Gasteiger partial charge in [0.25, 0.3) is 0 Å². The number of aliphatic hydroxyl groups is 2. The molecule has 0 aliphatic heterocycles. The molecule has 0 spiro atoms. The SMILES string of the molecule is CC(C)(CCCCCCCCCC(C)(C)CC(O)O)CC(=O)O. The van der Waals surface area contributed by atoms with Crippen molar-refractivity contribution in [2.75, 3.05) is 0 Å². The average molecular weight is 331 g/mol. The van der Waals surface area contributed by atoms with E-state index in [1.54, 1.807) is 0 Å². The molecule has 0 unspecified atom stereocenters. The number of rotatable bonds is 14. The van der Waals surface area contributed by atoms with Gasteiger partial charge in [0.2, 0.25) is 0 Å². The summed E-state index contributed by atoms with van der Waals surface area (Å²) in [5, 5.41) is 26.9. The van der Waals surface area contributed by atoms with Gasteiger partial charge in [-0.1, -0.05) is 72.6 Å². The van der Waals surface area contributed by atoms with Crippen molar-refractivity contribution < 1.29 is 20.1 Å². The van der Waals surface area contributed by atoms with Crippen molar-refractivity contribution >= 4 is 5.97 Å². The van der Waals surface area contributed by atoms with Crippen LogP contribution in [-0.4, -0.2) is 27.6 Å². The number of carboxylic acids is 1. The number of aliphatic carboxylic acids is 1. The monoisotopic (exact) mass is 330 g/mol. The molecule has 0 aromatic carbocycles. The Morgan fingerprint density at radius 3 is 1.57 bits per heavy atom. The lowest BCUT2D eigenvalue weighted by molar-refractivity contribution is -0.139. The molecule has 0 amide bonds. The van der Waals surface area contributed by atoms with Crippen molar-refractivity contribution in [2.45, 2.75) is 105 Å². The van der Waals surface area contributed by atoms with Crippen molar-refractivity contribution in [3.05, 3.63) is 0 Å². The van der Waals surface area contributed by atoms with E-state index in [4.69, 9.17) is 15.3 Å². The fourth-order valence-corrected chi connectivity index (χ4v) is 3.19. The summed E-state index contributed by atoms with van der Waals surface area (Å²) in [6.07, 6.45) is 9.86. The number of unbranched alkanes of at least 4 members (excludes halogenated alkanes) is 6. The first-order valence-corrected chi connectivity index (χ1v) is 9.12. The molecule has 0 saturated carbocycles. The molecule has 0 radical (unpaired) electrons. The highest BCUT2D eigenvalue weighted by atomic mass is 16.5. The Labute approximate surface area is 142 Å². The van der Waals surface area contributed by atoms with Crippen molar-refractivity contribution in [1.82, 2.24) is 0 Å². The second-order valence-electron chi connectivity index (χ2n) is 8.56. The maximum atomic E-state index is 10.8. The second-order valence-corrected chi connectivity index (χ2v) is 8.56. The number of hydrogen-bond acceptors (Lipinski definition) is 3. The smallest absolute Gasteiger partial charge is 0.303 e. The van der Waals surface area contributed by atoms with E-state index in [1.807, 2.05) is 13.8 Å². The summed E-state index contributed by atoms with van der Waals surface area (Å²) in [4.78, 5) is 10.8. The van der Waals surface area contributed by atoms with Crippen LogP contribution in [0.1, 0.15) is 98.3 Å². The molecule has 4 heteroatoms. The minimum Gasteiger partial charge on any atom is -0.481 e. The lowest BCUT2D eigenvalue weighted by Crippen LogP contribution is -2.20. The third-order valence-corrected chi connectivity index (χ3v) is 4.57. The van der Waals surface area contributed by atoms with Crippen molar-refractivity contribution in [2.24, 2.45) is 10.8 Å². The van der Waals surface area contributed by atoms with Crippen LogP contribution in [0.4, 0.5) is 0 Å². The van der Waals surface area contributed by atoms with Crippen molar-refractivity contribution in [3.63, 3.8) is 0 Å². The average Bonchev–Trinajstić information content (AvgIpc) is 2.33. The number of carboxylic acid groups (broad SMARTS) is 1. The quantitative estimate of drug-likeness (QED) is 0.318. The van der Waals surface area contributed by atoms with E-state index >= 15 is 0 Å². The van der Waals surface area contributed by atoms with E-state index in [2.05, 4.69) is 13.8 Å². The lowest BCUT2D eigenvalue weighted by atomic mass is 9.83. The van der Waals surface area contributed by atoms with Crippen molar-refractivity contribution in [1.29, 1.82) is 0 Å². The predicted octanol–water partition coefficient (Wildman–Crippen LogP) is 4.73. The summed E-state index contributed by atoms with van der Waals surface area (Å²) < 4.78 is 0. The standard InChI is InChI=1S/C19H38O4/c1-18(2,14-16(20)21)12-10-8-6-5-7-9-11-13-19(3,4)15-17(22)23/h16,20-21H,5-15H2,1-4H3,(H,22,23). The molecular weight excluding hydrogens is 292 g/mol. The summed E-state index contributed by atoms with van der Waals surface area (Å²) in [5.74, 6) is -0.702. The highest BCUT2D eigenvalue weighted by Crippen LogP contribution is 2.30. The van der Waals surface area contributed by atoms with Crippen LogP contribution in [0, 0.1) is 10.8 Å². The van der Waals surface area contributed by atoms with Gasteiger partial charge in [-0.2, -0.15) is 0 Å². The van der Waals surface area contributed by atoms with Gasteiger partial charge in [-0.3, -0.25) is 4.79 Å². The Morgan fingerprint density at radius 2 is 1.17 bits per heavy atom. The van der Waals surface area contributed by atoms with Crippen LogP contribution < -0.4 is 0 Å². The third-order valence-electron chi connectivity index (χ3n) is 4.57. The number of hydrogen-bond donors (Lipinski definition) is 3. The fraction of sp³-hybridized carbons (Fsp3) is 0.947. The van der Waals surface area contributed by atoms with Crippen LogP contribution in [0.5, 0.6) is 0 Å². The van der Waals surface area contributed by atoms with E-state index in [-0.39, 0.29) is 17.3 Å². The highest BCUT2D eigenvalue weighted by molar-refractivity contribution is 5.67. The first-order chi connectivity index (χ1) is 10.5. The Bertz CT molecular complexity index is 321. The lowest BCUT2D eigenvalue weighted by Gasteiger charge is -2.25. The molecule has 0 aromatic rings. The summed E-state index contributed by atoms with van der Waals surface area (Å²) >= 11 is 0. The van der Waals surface area contributed by atoms with E-state index in [9.17, 15) is 4.79 Å². The maximum Gasteiger partial charge on any atom is 0.303 e. The van der Waals surface area contributed by atoms with Crippen LogP contribution in [0.2, 0.25) is 0 Å². The van der Waals surface area contributed by atoms with Crippen LogP contribution in [-0.2, 0) is 4.79 Å². The van der Waals surface area contributed by atoms with E-state index in [1.165, 1.54) is 32.1 Å².